The summed E-state index contributed by atoms with van der Waals surface area (Å²) < 4.78 is 10.2. The van der Waals surface area contributed by atoms with Crippen molar-refractivity contribution in [3.05, 3.63) is 0 Å². The largest absolute Gasteiger partial charge is 0.382 e. The van der Waals surface area contributed by atoms with Gasteiger partial charge in [0.15, 0.2) is 0 Å². The summed E-state index contributed by atoms with van der Waals surface area (Å²) in [6.45, 7) is 18.5. The Morgan fingerprint density at radius 3 is 1.80 bits per heavy atom. The Morgan fingerprint density at radius 2 is 1.30 bits per heavy atom. The van der Waals surface area contributed by atoms with Gasteiger partial charge in [0, 0.05) is 13.7 Å². The van der Waals surface area contributed by atoms with Gasteiger partial charge in [-0.2, -0.15) is 0 Å². The van der Waals surface area contributed by atoms with Crippen molar-refractivity contribution in [3.8, 4) is 0 Å². The second-order valence-electron chi connectivity index (χ2n) is 3.42. The minimum Gasteiger partial charge on any atom is -0.382 e. The Balaban J connectivity index is -0.000000187. The average Bonchev–Trinajstić information content (AvgIpc) is 2.55. The molecule has 0 unspecified atom stereocenters. The summed E-state index contributed by atoms with van der Waals surface area (Å²) in [5.74, 6) is 0. The lowest BCUT2D eigenvalue weighted by atomic mass is 10.2. The Labute approximate surface area is 129 Å². The molecule has 0 radical (unpaired) electrons. The quantitative estimate of drug-likeness (QED) is 0.550. The minimum absolute atomic E-state index is 0.691. The number of ether oxygens (including phenoxy) is 2. The van der Waals surface area contributed by atoms with Crippen LogP contribution in [0.25, 0.3) is 0 Å². The fraction of sp³-hybridized carbons (Fsp3) is 1.00. The van der Waals surface area contributed by atoms with Gasteiger partial charge in [0.25, 0.3) is 0 Å². The van der Waals surface area contributed by atoms with Gasteiger partial charge in [-0.1, -0.05) is 67.7 Å². The highest BCUT2D eigenvalue weighted by atomic mass is 16.5. The van der Waals surface area contributed by atoms with Crippen molar-refractivity contribution < 1.29 is 9.47 Å². The summed E-state index contributed by atoms with van der Waals surface area (Å²) >= 11 is 0. The molecule has 0 aromatic rings. The van der Waals surface area contributed by atoms with Gasteiger partial charge in [0.05, 0.1) is 19.8 Å². The molecule has 1 N–H and O–H groups in total. The Morgan fingerprint density at radius 1 is 0.700 bits per heavy atom. The SMILES string of the molecule is CC.CC.CC.CCCCCCNCCOCCOC. The average molecular weight is 294 g/mol. The fourth-order valence-corrected chi connectivity index (χ4v) is 1.19. The lowest BCUT2D eigenvalue weighted by Gasteiger charge is -2.05. The number of hydrogen-bond acceptors (Lipinski definition) is 3. The normalized spacial score (nSPS) is 8.40. The Kier molecular flexibility index (Phi) is 60.1. The number of nitrogens with one attached hydrogen (secondary N) is 1. The third-order valence-corrected chi connectivity index (χ3v) is 2.06. The van der Waals surface area contributed by atoms with Crippen molar-refractivity contribution in [2.24, 2.45) is 0 Å². The van der Waals surface area contributed by atoms with Crippen LogP contribution in [0.1, 0.15) is 74.1 Å². The maximum atomic E-state index is 5.31. The van der Waals surface area contributed by atoms with Crippen LogP contribution in [0.5, 0.6) is 0 Å². The Bertz CT molecular complexity index is 89.0. The molecular formula is C17H43NO2. The molecule has 3 nitrogen and oxygen atoms in total. The first-order chi connectivity index (χ1) is 9.91. The zero-order chi connectivity index (χ0) is 16.5. The first kappa shape index (κ1) is 28.1. The molecule has 0 atom stereocenters. The third kappa shape index (κ3) is 43.0. The van der Waals surface area contributed by atoms with Crippen molar-refractivity contribution in [3.63, 3.8) is 0 Å². The first-order valence-corrected chi connectivity index (χ1v) is 8.69. The summed E-state index contributed by atoms with van der Waals surface area (Å²) in [7, 11) is 1.69. The van der Waals surface area contributed by atoms with E-state index in [9.17, 15) is 0 Å². The van der Waals surface area contributed by atoms with E-state index in [2.05, 4.69) is 12.2 Å². The molecule has 0 amide bonds. The van der Waals surface area contributed by atoms with E-state index in [4.69, 9.17) is 9.47 Å². The molecule has 0 bridgehead atoms. The summed E-state index contributed by atoms with van der Waals surface area (Å²) in [5, 5.41) is 3.36. The second kappa shape index (κ2) is 42.8. The lowest BCUT2D eigenvalue weighted by molar-refractivity contribution is 0.0720. The summed E-state index contributed by atoms with van der Waals surface area (Å²) in [5.41, 5.74) is 0. The smallest absolute Gasteiger partial charge is 0.0700 e. The number of rotatable bonds is 11. The van der Waals surface area contributed by atoms with E-state index in [0.717, 1.165) is 19.7 Å². The molecule has 0 aromatic carbocycles. The summed E-state index contributed by atoms with van der Waals surface area (Å²) in [6, 6.07) is 0. The van der Waals surface area contributed by atoms with Crippen LogP contribution in [0.4, 0.5) is 0 Å². The summed E-state index contributed by atoms with van der Waals surface area (Å²) in [4.78, 5) is 0. The fourth-order valence-electron chi connectivity index (χ4n) is 1.19. The van der Waals surface area contributed by atoms with Crippen molar-refractivity contribution in [2.45, 2.75) is 74.1 Å². The first-order valence-electron chi connectivity index (χ1n) is 8.69. The monoisotopic (exact) mass is 293 g/mol. The summed E-state index contributed by atoms with van der Waals surface area (Å²) in [6.07, 6.45) is 5.28. The van der Waals surface area contributed by atoms with Crippen LogP contribution in [0.3, 0.4) is 0 Å². The molecule has 0 aliphatic rings. The molecule has 0 aliphatic heterocycles. The molecule has 0 aliphatic carbocycles. The van der Waals surface area contributed by atoms with Gasteiger partial charge < -0.3 is 14.8 Å². The minimum atomic E-state index is 0.691. The molecular weight excluding hydrogens is 250 g/mol. The van der Waals surface area contributed by atoms with Gasteiger partial charge in [-0.15, -0.1) is 0 Å². The van der Waals surface area contributed by atoms with Gasteiger partial charge in [-0.05, 0) is 13.0 Å². The molecule has 3 heteroatoms. The van der Waals surface area contributed by atoms with E-state index in [-0.39, 0.29) is 0 Å². The standard InChI is InChI=1S/C11H25NO2.3C2H6/c1-3-4-5-6-7-12-8-9-14-11-10-13-2;3*1-2/h12H,3-11H2,1-2H3;3*1-2H3. The van der Waals surface area contributed by atoms with Crippen LogP contribution in [0.15, 0.2) is 0 Å². The van der Waals surface area contributed by atoms with Gasteiger partial charge in [-0.3, -0.25) is 0 Å². The van der Waals surface area contributed by atoms with Crippen molar-refractivity contribution in [2.75, 3.05) is 40.0 Å². The number of unbranched alkanes of at least 4 members (excludes halogenated alkanes) is 3. The molecule has 0 saturated heterocycles. The zero-order valence-electron chi connectivity index (χ0n) is 15.7. The van der Waals surface area contributed by atoms with Gasteiger partial charge in [0.2, 0.25) is 0 Å². The molecule has 0 heterocycles. The van der Waals surface area contributed by atoms with Crippen LogP contribution in [-0.4, -0.2) is 40.0 Å². The van der Waals surface area contributed by atoms with Crippen LogP contribution in [0.2, 0.25) is 0 Å². The van der Waals surface area contributed by atoms with Crippen LogP contribution in [0, 0.1) is 0 Å². The third-order valence-electron chi connectivity index (χ3n) is 2.06. The Hall–Kier alpha value is -0.120. The van der Waals surface area contributed by atoms with Gasteiger partial charge in [-0.25, -0.2) is 0 Å². The van der Waals surface area contributed by atoms with Crippen LogP contribution < -0.4 is 5.32 Å². The van der Waals surface area contributed by atoms with Gasteiger partial charge >= 0.3 is 0 Å². The lowest BCUT2D eigenvalue weighted by Crippen LogP contribution is -2.21. The maximum absolute atomic E-state index is 5.31. The topological polar surface area (TPSA) is 30.5 Å². The van der Waals surface area contributed by atoms with E-state index in [1.54, 1.807) is 7.11 Å². The van der Waals surface area contributed by atoms with E-state index in [1.807, 2.05) is 41.5 Å². The van der Waals surface area contributed by atoms with Crippen molar-refractivity contribution in [1.29, 1.82) is 0 Å². The predicted octanol–water partition coefficient (Wildman–Crippen LogP) is 4.90. The van der Waals surface area contributed by atoms with Crippen molar-refractivity contribution >= 4 is 0 Å². The molecule has 0 saturated carbocycles. The van der Waals surface area contributed by atoms with Gasteiger partial charge in [0.1, 0.15) is 0 Å². The maximum Gasteiger partial charge on any atom is 0.0700 e. The second-order valence-corrected chi connectivity index (χ2v) is 3.42. The van der Waals surface area contributed by atoms with Crippen LogP contribution >= 0.6 is 0 Å². The molecule has 0 rings (SSSR count). The highest BCUT2D eigenvalue weighted by Gasteiger charge is 1.89. The zero-order valence-corrected chi connectivity index (χ0v) is 15.7. The number of hydrogen-bond donors (Lipinski definition) is 1. The molecule has 128 valence electrons. The van der Waals surface area contributed by atoms with E-state index in [1.165, 1.54) is 25.7 Å². The highest BCUT2D eigenvalue weighted by Crippen LogP contribution is 1.96. The van der Waals surface area contributed by atoms with Crippen molar-refractivity contribution in [1.82, 2.24) is 5.32 Å². The van der Waals surface area contributed by atoms with E-state index < -0.39 is 0 Å². The highest BCUT2D eigenvalue weighted by molar-refractivity contribution is 4.47. The van der Waals surface area contributed by atoms with Crippen LogP contribution in [-0.2, 0) is 9.47 Å². The molecule has 20 heavy (non-hydrogen) atoms. The number of methoxy groups -OCH3 is 1. The van der Waals surface area contributed by atoms with E-state index in [0.29, 0.717) is 13.2 Å². The molecule has 0 fully saturated rings. The molecule has 0 spiro atoms. The molecule has 0 aromatic heterocycles. The predicted molar refractivity (Wildman–Crippen MR) is 93.8 cm³/mol. The van der Waals surface area contributed by atoms with E-state index >= 15 is 0 Å².